The third kappa shape index (κ3) is 5.53. The highest BCUT2D eigenvalue weighted by Crippen LogP contribution is 2.37. The van der Waals surface area contributed by atoms with Gasteiger partial charge >= 0.3 is 5.97 Å². The number of aliphatic carboxylic acids is 1. The average Bonchev–Trinajstić information content (AvgIpc) is 3.36. The number of aromatic nitrogens is 3. The smallest absolute Gasteiger partial charge is 0.308 e. The molecular weight excluding hydrogens is 516 g/mol. The lowest BCUT2D eigenvalue weighted by atomic mass is 9.92. The second-order valence-corrected chi connectivity index (χ2v) is 11.6. The Morgan fingerprint density at radius 1 is 1.00 bits per heavy atom. The van der Waals surface area contributed by atoms with Crippen LogP contribution in [0.4, 0.5) is 5.82 Å². The molecule has 41 heavy (non-hydrogen) atoms. The van der Waals surface area contributed by atoms with Crippen LogP contribution in [-0.2, 0) is 16.0 Å². The summed E-state index contributed by atoms with van der Waals surface area (Å²) in [4.78, 5) is 19.0. The summed E-state index contributed by atoms with van der Waals surface area (Å²) in [5.41, 5.74) is 7.02. The molecular formula is C33H38N4O4. The normalized spacial score (nSPS) is 17.3. The molecule has 0 unspecified atom stereocenters. The van der Waals surface area contributed by atoms with E-state index in [0.717, 1.165) is 97.0 Å². The number of fused-ring (bicyclic) bond motifs is 8. The Hall–Kier alpha value is -3.91. The topological polar surface area (TPSA) is 89.2 Å². The molecule has 6 bridgehead atoms. The SMILES string of the molecule is Cc1cccc2c1-c1cccc(c1)-c1cc3nc(C)c(CC(=O)O)c(n3n1)N1CCC(C)(CC1)OCCCCCO2. The molecule has 0 aliphatic carbocycles. The van der Waals surface area contributed by atoms with Crippen molar-refractivity contribution in [3.63, 3.8) is 0 Å². The van der Waals surface area contributed by atoms with E-state index in [4.69, 9.17) is 19.6 Å². The van der Waals surface area contributed by atoms with Crippen molar-refractivity contribution in [1.82, 2.24) is 14.6 Å². The molecule has 3 aliphatic rings. The van der Waals surface area contributed by atoms with Crippen LogP contribution in [0.25, 0.3) is 28.0 Å². The molecule has 8 nitrogen and oxygen atoms in total. The van der Waals surface area contributed by atoms with Crippen LogP contribution in [0.1, 0.15) is 55.8 Å². The van der Waals surface area contributed by atoms with E-state index in [2.05, 4.69) is 49.1 Å². The summed E-state index contributed by atoms with van der Waals surface area (Å²) < 4.78 is 14.6. The predicted molar refractivity (Wildman–Crippen MR) is 160 cm³/mol. The number of carbonyl (C=O) groups is 1. The van der Waals surface area contributed by atoms with E-state index in [-0.39, 0.29) is 12.0 Å². The van der Waals surface area contributed by atoms with Crippen molar-refractivity contribution in [2.45, 2.75) is 64.9 Å². The minimum atomic E-state index is -0.876. The van der Waals surface area contributed by atoms with Gasteiger partial charge in [-0.1, -0.05) is 30.3 Å². The molecule has 0 spiro atoms. The van der Waals surface area contributed by atoms with Gasteiger partial charge < -0.3 is 19.5 Å². The monoisotopic (exact) mass is 554 g/mol. The quantitative estimate of drug-likeness (QED) is 0.313. The summed E-state index contributed by atoms with van der Waals surface area (Å²) >= 11 is 0. The van der Waals surface area contributed by atoms with Crippen molar-refractivity contribution < 1.29 is 19.4 Å². The van der Waals surface area contributed by atoms with E-state index in [9.17, 15) is 9.90 Å². The second kappa shape index (κ2) is 11.2. The maximum absolute atomic E-state index is 11.9. The summed E-state index contributed by atoms with van der Waals surface area (Å²) in [5.74, 6) is 0.833. The number of piperidine rings is 1. The fourth-order valence-electron chi connectivity index (χ4n) is 6.14. The summed E-state index contributed by atoms with van der Waals surface area (Å²) in [6, 6.07) is 16.6. The maximum Gasteiger partial charge on any atom is 0.308 e. The zero-order valence-corrected chi connectivity index (χ0v) is 24.2. The molecule has 0 amide bonds. The van der Waals surface area contributed by atoms with Gasteiger partial charge in [-0.3, -0.25) is 4.79 Å². The van der Waals surface area contributed by atoms with Crippen LogP contribution < -0.4 is 9.64 Å². The van der Waals surface area contributed by atoms with Gasteiger partial charge in [-0.05, 0) is 76.1 Å². The van der Waals surface area contributed by atoms with Crippen molar-refractivity contribution in [3.8, 4) is 28.1 Å². The summed E-state index contributed by atoms with van der Waals surface area (Å²) in [7, 11) is 0. The van der Waals surface area contributed by atoms with Gasteiger partial charge in [0.25, 0.3) is 0 Å². The van der Waals surface area contributed by atoms with Crippen LogP contribution in [0.2, 0.25) is 0 Å². The van der Waals surface area contributed by atoms with Crippen LogP contribution in [0.3, 0.4) is 0 Å². The number of hydrogen-bond acceptors (Lipinski definition) is 6. The number of carboxylic acid groups (broad SMARTS) is 1. The minimum Gasteiger partial charge on any atom is -0.493 e. The van der Waals surface area contributed by atoms with E-state index in [1.165, 1.54) is 0 Å². The Labute approximate surface area is 240 Å². The van der Waals surface area contributed by atoms with Gasteiger partial charge in [0.1, 0.15) is 11.6 Å². The first-order valence-electron chi connectivity index (χ1n) is 14.6. The highest BCUT2D eigenvalue weighted by Gasteiger charge is 2.33. The van der Waals surface area contributed by atoms with E-state index in [1.54, 1.807) is 0 Å². The van der Waals surface area contributed by atoms with E-state index < -0.39 is 5.97 Å². The zero-order valence-electron chi connectivity index (χ0n) is 24.2. The number of benzene rings is 2. The van der Waals surface area contributed by atoms with Gasteiger partial charge in [-0.15, -0.1) is 0 Å². The van der Waals surface area contributed by atoms with Gasteiger partial charge in [0.05, 0.1) is 24.3 Å². The maximum atomic E-state index is 11.9. The number of ether oxygens (including phenoxy) is 2. The highest BCUT2D eigenvalue weighted by molar-refractivity contribution is 5.79. The van der Waals surface area contributed by atoms with Gasteiger partial charge in [0.2, 0.25) is 0 Å². The molecule has 0 atom stereocenters. The summed E-state index contributed by atoms with van der Waals surface area (Å²) in [6.07, 6.45) is 4.63. The third-order valence-corrected chi connectivity index (χ3v) is 8.51. The van der Waals surface area contributed by atoms with E-state index in [0.29, 0.717) is 17.8 Å². The Morgan fingerprint density at radius 2 is 1.76 bits per heavy atom. The molecule has 1 N–H and O–H groups in total. The molecule has 4 aromatic rings. The van der Waals surface area contributed by atoms with Crippen LogP contribution in [-0.4, -0.2) is 57.6 Å². The van der Waals surface area contributed by atoms with Crippen LogP contribution in [0.5, 0.6) is 5.75 Å². The lowest BCUT2D eigenvalue weighted by Crippen LogP contribution is -2.45. The molecule has 0 radical (unpaired) electrons. The van der Waals surface area contributed by atoms with Gasteiger partial charge in [0, 0.05) is 48.1 Å². The zero-order chi connectivity index (χ0) is 28.6. The number of aryl methyl sites for hydroxylation is 2. The van der Waals surface area contributed by atoms with E-state index >= 15 is 0 Å². The molecule has 1 fully saturated rings. The summed E-state index contributed by atoms with van der Waals surface area (Å²) in [6.45, 7) is 9.12. The van der Waals surface area contributed by atoms with Crippen molar-refractivity contribution in [3.05, 3.63) is 65.4 Å². The lowest BCUT2D eigenvalue weighted by Gasteiger charge is -2.41. The molecule has 3 aliphatic heterocycles. The number of hydrogen-bond donors (Lipinski definition) is 1. The fourth-order valence-corrected chi connectivity index (χ4v) is 6.14. The highest BCUT2D eigenvalue weighted by atomic mass is 16.5. The Kier molecular flexibility index (Phi) is 7.43. The van der Waals surface area contributed by atoms with Gasteiger partial charge in [0.15, 0.2) is 5.65 Å². The lowest BCUT2D eigenvalue weighted by molar-refractivity contribution is -0.136. The molecule has 214 valence electrons. The average molecular weight is 555 g/mol. The van der Waals surface area contributed by atoms with Gasteiger partial charge in [-0.25, -0.2) is 4.98 Å². The Morgan fingerprint density at radius 3 is 2.56 bits per heavy atom. The molecule has 1 saturated heterocycles. The fraction of sp³-hybridized carbons (Fsp3) is 0.424. The van der Waals surface area contributed by atoms with Crippen molar-refractivity contribution >= 4 is 17.4 Å². The predicted octanol–water partition coefficient (Wildman–Crippen LogP) is 6.25. The first-order chi connectivity index (χ1) is 19.8. The minimum absolute atomic E-state index is 0.102. The number of anilines is 1. The first-order valence-corrected chi connectivity index (χ1v) is 14.6. The Bertz CT molecular complexity index is 1590. The van der Waals surface area contributed by atoms with Crippen LogP contribution in [0.15, 0.2) is 48.5 Å². The number of rotatable bonds is 2. The van der Waals surface area contributed by atoms with Crippen molar-refractivity contribution in [2.24, 2.45) is 0 Å². The standard InChI is InChI=1S/C33H38N4O4/c1-22-9-7-12-28-31(22)25-11-8-10-24(19-25)27-21-29-34-23(2)26(20-30(38)39)32(37(29)35-27)36-15-13-33(3,14-16-36)41-18-6-4-5-17-40-28/h7-12,19,21H,4-6,13-18,20H2,1-3H3,(H,38,39). The van der Waals surface area contributed by atoms with E-state index in [1.807, 2.05) is 29.6 Å². The summed E-state index contributed by atoms with van der Waals surface area (Å²) in [5, 5.41) is 14.8. The Balaban J connectivity index is 1.50. The molecule has 2 aromatic heterocycles. The number of nitrogens with zero attached hydrogens (tertiary/aromatic N) is 4. The van der Waals surface area contributed by atoms with Crippen molar-refractivity contribution in [2.75, 3.05) is 31.2 Å². The molecule has 7 rings (SSSR count). The molecule has 5 heterocycles. The number of carboxylic acids is 1. The van der Waals surface area contributed by atoms with Crippen LogP contribution in [0, 0.1) is 13.8 Å². The molecule has 2 aromatic carbocycles. The second-order valence-electron chi connectivity index (χ2n) is 11.6. The van der Waals surface area contributed by atoms with Crippen molar-refractivity contribution in [1.29, 1.82) is 0 Å². The first kappa shape index (κ1) is 27.3. The van der Waals surface area contributed by atoms with Gasteiger partial charge in [-0.2, -0.15) is 9.61 Å². The largest absolute Gasteiger partial charge is 0.493 e. The van der Waals surface area contributed by atoms with Crippen LogP contribution >= 0.6 is 0 Å². The molecule has 8 heteroatoms. The molecule has 0 saturated carbocycles. The third-order valence-electron chi connectivity index (χ3n) is 8.51.